The number of carbonyl (C=O) groups excluding carboxylic acids is 1. The van der Waals surface area contributed by atoms with Gasteiger partial charge in [-0.15, -0.1) is 0 Å². The fourth-order valence-corrected chi connectivity index (χ4v) is 6.53. The number of halogens is 5. The number of hydrogen-bond acceptors (Lipinski definition) is 2. The van der Waals surface area contributed by atoms with Crippen LogP contribution in [0.2, 0.25) is 0 Å². The number of nitrogens with one attached hydrogen (secondary N) is 2. The largest absolute Gasteiger partial charge is 0.356 e. The molecule has 4 fully saturated rings. The van der Waals surface area contributed by atoms with Crippen LogP contribution in [0.5, 0.6) is 0 Å². The molecule has 1 aromatic carbocycles. The Bertz CT molecular complexity index is 779. The van der Waals surface area contributed by atoms with E-state index in [4.69, 9.17) is 0 Å². The second kappa shape index (κ2) is 9.04. The van der Waals surface area contributed by atoms with Crippen LogP contribution in [0.1, 0.15) is 63.4 Å². The standard InChI is InChI=1S/C23H29F5N2O/c24-18-16(19(25)21(27)22(28)20(18)26)12-29-3-1-2-4-30-17(31)11-23-8-13-5-14(9-23)7-15(6-13)10-23/h13-15,29H,1-12H2,(H,30,31). The molecule has 5 rings (SSSR count). The summed E-state index contributed by atoms with van der Waals surface area (Å²) in [6.45, 7) is 0.393. The van der Waals surface area contributed by atoms with E-state index in [9.17, 15) is 26.7 Å². The van der Waals surface area contributed by atoms with Crippen LogP contribution in [0.4, 0.5) is 22.0 Å². The van der Waals surface area contributed by atoms with E-state index in [1.807, 2.05) is 0 Å². The van der Waals surface area contributed by atoms with Crippen molar-refractivity contribution in [3.8, 4) is 0 Å². The van der Waals surface area contributed by atoms with E-state index in [-0.39, 0.29) is 11.3 Å². The lowest BCUT2D eigenvalue weighted by Gasteiger charge is -2.56. The molecule has 0 spiro atoms. The molecule has 4 aliphatic carbocycles. The second-order valence-electron chi connectivity index (χ2n) is 9.88. The maximum absolute atomic E-state index is 13.6. The normalized spacial score (nSPS) is 28.9. The maximum atomic E-state index is 13.6. The van der Waals surface area contributed by atoms with Crippen LogP contribution in [0.15, 0.2) is 0 Å². The van der Waals surface area contributed by atoms with E-state index >= 15 is 0 Å². The molecule has 1 aromatic rings. The molecule has 1 amide bonds. The zero-order valence-electron chi connectivity index (χ0n) is 17.5. The highest BCUT2D eigenvalue weighted by Crippen LogP contribution is 2.61. The van der Waals surface area contributed by atoms with E-state index in [1.54, 1.807) is 0 Å². The van der Waals surface area contributed by atoms with Crippen LogP contribution < -0.4 is 10.6 Å². The molecule has 0 radical (unpaired) electrons. The van der Waals surface area contributed by atoms with Gasteiger partial charge in [-0.1, -0.05) is 0 Å². The number of amides is 1. The molecule has 4 saturated carbocycles. The number of unbranched alkanes of at least 4 members (excludes halogenated alkanes) is 1. The highest BCUT2D eigenvalue weighted by molar-refractivity contribution is 5.76. The Morgan fingerprint density at radius 2 is 1.26 bits per heavy atom. The van der Waals surface area contributed by atoms with E-state index < -0.39 is 41.2 Å². The van der Waals surface area contributed by atoms with Gasteiger partial charge in [0, 0.05) is 25.1 Å². The average molecular weight is 444 g/mol. The third-order valence-electron chi connectivity index (χ3n) is 7.41. The summed E-state index contributed by atoms with van der Waals surface area (Å²) in [4.78, 5) is 12.5. The number of benzene rings is 1. The van der Waals surface area contributed by atoms with Gasteiger partial charge in [-0.25, -0.2) is 22.0 Å². The minimum absolute atomic E-state index is 0.0938. The first kappa shape index (κ1) is 22.5. The summed E-state index contributed by atoms with van der Waals surface area (Å²) >= 11 is 0. The zero-order chi connectivity index (χ0) is 22.2. The molecule has 2 N–H and O–H groups in total. The van der Waals surface area contributed by atoms with Crippen molar-refractivity contribution in [2.45, 2.75) is 64.3 Å². The first-order valence-corrected chi connectivity index (χ1v) is 11.3. The molecule has 172 valence electrons. The summed E-state index contributed by atoms with van der Waals surface area (Å²) in [5.41, 5.74) is -0.658. The lowest BCUT2D eigenvalue weighted by molar-refractivity contribution is -0.129. The third-order valence-corrected chi connectivity index (χ3v) is 7.41. The molecule has 4 bridgehead atoms. The van der Waals surface area contributed by atoms with Crippen molar-refractivity contribution in [2.75, 3.05) is 13.1 Å². The first-order chi connectivity index (χ1) is 14.8. The Morgan fingerprint density at radius 1 is 0.774 bits per heavy atom. The second-order valence-corrected chi connectivity index (χ2v) is 9.88. The maximum Gasteiger partial charge on any atom is 0.220 e. The van der Waals surface area contributed by atoms with Crippen LogP contribution >= 0.6 is 0 Å². The van der Waals surface area contributed by atoms with Crippen molar-refractivity contribution in [2.24, 2.45) is 23.2 Å². The Labute approximate surface area is 179 Å². The lowest BCUT2D eigenvalue weighted by Crippen LogP contribution is -2.48. The van der Waals surface area contributed by atoms with Crippen LogP contribution in [0.3, 0.4) is 0 Å². The van der Waals surface area contributed by atoms with Crippen molar-refractivity contribution in [1.82, 2.24) is 10.6 Å². The van der Waals surface area contributed by atoms with Gasteiger partial charge in [0.25, 0.3) is 0 Å². The van der Waals surface area contributed by atoms with E-state index in [0.717, 1.165) is 17.8 Å². The molecule has 31 heavy (non-hydrogen) atoms. The first-order valence-electron chi connectivity index (χ1n) is 11.3. The van der Waals surface area contributed by atoms with Crippen LogP contribution in [-0.4, -0.2) is 19.0 Å². The monoisotopic (exact) mass is 444 g/mol. The molecule has 4 aliphatic rings. The molecule has 0 unspecified atom stereocenters. The molecule has 0 saturated heterocycles. The van der Waals surface area contributed by atoms with Crippen molar-refractivity contribution in [3.63, 3.8) is 0 Å². The zero-order valence-corrected chi connectivity index (χ0v) is 17.5. The quantitative estimate of drug-likeness (QED) is 0.244. The summed E-state index contributed by atoms with van der Waals surface area (Å²) in [6.07, 6.45) is 9.48. The molecule has 3 nitrogen and oxygen atoms in total. The predicted molar refractivity (Wildman–Crippen MR) is 105 cm³/mol. The van der Waals surface area contributed by atoms with E-state index in [0.29, 0.717) is 32.4 Å². The van der Waals surface area contributed by atoms with Gasteiger partial charge >= 0.3 is 0 Å². The number of carbonyl (C=O) groups is 1. The summed E-state index contributed by atoms with van der Waals surface area (Å²) in [5, 5.41) is 5.68. The summed E-state index contributed by atoms with van der Waals surface area (Å²) in [7, 11) is 0. The molecular weight excluding hydrogens is 415 g/mol. The molecular formula is C23H29F5N2O. The van der Waals surface area contributed by atoms with Crippen molar-refractivity contribution in [3.05, 3.63) is 34.6 Å². The Hall–Kier alpha value is -1.70. The third kappa shape index (κ3) is 4.73. The Morgan fingerprint density at radius 3 is 1.81 bits per heavy atom. The van der Waals surface area contributed by atoms with Gasteiger partial charge in [0.2, 0.25) is 11.7 Å². The molecule has 8 heteroatoms. The summed E-state index contributed by atoms with van der Waals surface area (Å²) in [6, 6.07) is 0. The van der Waals surface area contributed by atoms with Gasteiger partial charge in [-0.05, 0) is 81.1 Å². The van der Waals surface area contributed by atoms with Gasteiger partial charge in [0.15, 0.2) is 23.3 Å². The van der Waals surface area contributed by atoms with Crippen molar-refractivity contribution >= 4 is 5.91 Å². The summed E-state index contributed by atoms with van der Waals surface area (Å²) < 4.78 is 66.7. The molecule has 0 aromatic heterocycles. The van der Waals surface area contributed by atoms with Crippen LogP contribution in [0, 0.1) is 52.3 Å². The smallest absolute Gasteiger partial charge is 0.220 e. The van der Waals surface area contributed by atoms with Crippen molar-refractivity contribution in [1.29, 1.82) is 0 Å². The van der Waals surface area contributed by atoms with Gasteiger partial charge in [-0.2, -0.15) is 0 Å². The number of rotatable bonds is 9. The minimum Gasteiger partial charge on any atom is -0.356 e. The highest BCUT2D eigenvalue weighted by Gasteiger charge is 2.51. The number of hydrogen-bond donors (Lipinski definition) is 2. The fourth-order valence-electron chi connectivity index (χ4n) is 6.53. The van der Waals surface area contributed by atoms with Crippen LogP contribution in [0.25, 0.3) is 0 Å². The topological polar surface area (TPSA) is 41.1 Å². The highest BCUT2D eigenvalue weighted by atomic mass is 19.2. The van der Waals surface area contributed by atoms with E-state index in [1.165, 1.54) is 38.5 Å². The van der Waals surface area contributed by atoms with Gasteiger partial charge in [0.05, 0.1) is 0 Å². The molecule has 0 heterocycles. The predicted octanol–water partition coefficient (Wildman–Crippen LogP) is 4.97. The SMILES string of the molecule is O=C(CC12CC3CC(CC(C3)C1)C2)NCCCCNCc1c(F)c(F)c(F)c(F)c1F. The van der Waals surface area contributed by atoms with Gasteiger partial charge in [0.1, 0.15) is 0 Å². The average Bonchev–Trinajstić information content (AvgIpc) is 2.71. The Balaban J connectivity index is 1.14. The van der Waals surface area contributed by atoms with E-state index in [2.05, 4.69) is 10.6 Å². The molecule has 0 aliphatic heterocycles. The van der Waals surface area contributed by atoms with Gasteiger partial charge < -0.3 is 10.6 Å². The fraction of sp³-hybridized carbons (Fsp3) is 0.696. The van der Waals surface area contributed by atoms with Gasteiger partial charge in [-0.3, -0.25) is 4.79 Å². The Kier molecular flexibility index (Phi) is 6.56. The summed E-state index contributed by atoms with van der Waals surface area (Å²) in [5.74, 6) is -7.11. The molecule has 0 atom stereocenters. The van der Waals surface area contributed by atoms with Crippen molar-refractivity contribution < 1.29 is 26.7 Å². The van der Waals surface area contributed by atoms with Crippen LogP contribution in [-0.2, 0) is 11.3 Å². The minimum atomic E-state index is -2.15. The lowest BCUT2D eigenvalue weighted by atomic mass is 9.49.